The van der Waals surface area contributed by atoms with Gasteiger partial charge in [-0.1, -0.05) is 0 Å². The molecule has 1 heterocycles. The second-order valence-electron chi connectivity index (χ2n) is 4.74. The maximum Gasteiger partial charge on any atom is 0.332 e. The second kappa shape index (κ2) is 5.97. The van der Waals surface area contributed by atoms with Crippen LogP contribution in [0.3, 0.4) is 0 Å². The molecule has 0 aromatic carbocycles. The minimum atomic E-state index is -0.485. The summed E-state index contributed by atoms with van der Waals surface area (Å²) in [5, 5.41) is 14.2. The standard InChI is InChI=1S/C11H18N6O3/c1-6-9(17(18)19)10(15-11(13-6)16-12)14-7-3-4-8(5-7)20-2/h7-8H,3-5,12H2,1-2H3,(H2,13,14,15,16). The van der Waals surface area contributed by atoms with Crippen molar-refractivity contribution < 1.29 is 9.66 Å². The third-order valence-corrected chi connectivity index (χ3v) is 3.43. The van der Waals surface area contributed by atoms with Crippen LogP contribution < -0.4 is 16.6 Å². The lowest BCUT2D eigenvalue weighted by atomic mass is 10.2. The van der Waals surface area contributed by atoms with Crippen molar-refractivity contribution in [2.45, 2.75) is 38.3 Å². The molecule has 9 heteroatoms. The van der Waals surface area contributed by atoms with Gasteiger partial charge in [-0.25, -0.2) is 10.8 Å². The lowest BCUT2D eigenvalue weighted by Gasteiger charge is -2.14. The number of nitrogens with one attached hydrogen (secondary N) is 2. The molecule has 2 atom stereocenters. The Hall–Kier alpha value is -2.00. The first-order valence-electron chi connectivity index (χ1n) is 6.34. The SMILES string of the molecule is COC1CCC(Nc2nc(NN)nc(C)c2[N+](=O)[O-])C1. The van der Waals surface area contributed by atoms with Crippen LogP contribution in [0.15, 0.2) is 0 Å². The first-order chi connectivity index (χ1) is 9.55. The molecular formula is C11H18N6O3. The molecule has 0 saturated heterocycles. The van der Waals surface area contributed by atoms with E-state index in [1.165, 1.54) is 0 Å². The number of methoxy groups -OCH3 is 1. The van der Waals surface area contributed by atoms with Crippen molar-refractivity contribution >= 4 is 17.5 Å². The summed E-state index contributed by atoms with van der Waals surface area (Å²) < 4.78 is 5.29. The minimum absolute atomic E-state index is 0.0959. The number of hydrogen-bond donors (Lipinski definition) is 3. The highest BCUT2D eigenvalue weighted by Crippen LogP contribution is 2.30. The fraction of sp³-hybridized carbons (Fsp3) is 0.636. The number of nitrogen functional groups attached to an aromatic ring is 1. The summed E-state index contributed by atoms with van der Waals surface area (Å²) in [5.74, 6) is 5.61. The Balaban J connectivity index is 2.25. The Labute approximate surface area is 116 Å². The average molecular weight is 282 g/mol. The molecular weight excluding hydrogens is 264 g/mol. The zero-order chi connectivity index (χ0) is 14.7. The quantitative estimate of drug-likeness (QED) is 0.414. The van der Waals surface area contributed by atoms with Crippen LogP contribution in [0.1, 0.15) is 25.0 Å². The van der Waals surface area contributed by atoms with E-state index in [1.807, 2.05) is 0 Å². The van der Waals surface area contributed by atoms with Gasteiger partial charge in [-0.15, -0.1) is 0 Å². The topological polar surface area (TPSA) is 128 Å². The Morgan fingerprint density at radius 3 is 2.75 bits per heavy atom. The first kappa shape index (κ1) is 14.4. The maximum atomic E-state index is 11.1. The van der Waals surface area contributed by atoms with Crippen LogP contribution in [0.25, 0.3) is 0 Å². The van der Waals surface area contributed by atoms with Gasteiger partial charge in [-0.2, -0.15) is 4.98 Å². The van der Waals surface area contributed by atoms with Crippen LogP contribution in [0.5, 0.6) is 0 Å². The van der Waals surface area contributed by atoms with E-state index in [9.17, 15) is 10.1 Å². The molecule has 0 amide bonds. The lowest BCUT2D eigenvalue weighted by Crippen LogP contribution is -2.21. The van der Waals surface area contributed by atoms with Crippen molar-refractivity contribution in [1.29, 1.82) is 0 Å². The van der Waals surface area contributed by atoms with E-state index in [4.69, 9.17) is 10.6 Å². The molecule has 9 nitrogen and oxygen atoms in total. The highest BCUT2D eigenvalue weighted by molar-refractivity contribution is 5.61. The number of nitrogens with zero attached hydrogens (tertiary/aromatic N) is 3. The van der Waals surface area contributed by atoms with Crippen LogP contribution in [-0.2, 0) is 4.74 Å². The molecule has 1 aromatic heterocycles. The van der Waals surface area contributed by atoms with E-state index in [0.717, 1.165) is 19.3 Å². The number of anilines is 2. The number of nitro groups is 1. The largest absolute Gasteiger partial charge is 0.381 e. The zero-order valence-corrected chi connectivity index (χ0v) is 11.4. The molecule has 1 fully saturated rings. The molecule has 2 unspecified atom stereocenters. The van der Waals surface area contributed by atoms with E-state index < -0.39 is 4.92 Å². The summed E-state index contributed by atoms with van der Waals surface area (Å²) in [6.45, 7) is 1.55. The van der Waals surface area contributed by atoms with Crippen molar-refractivity contribution in [3.63, 3.8) is 0 Å². The van der Waals surface area contributed by atoms with E-state index in [2.05, 4.69) is 20.7 Å². The van der Waals surface area contributed by atoms with Crippen molar-refractivity contribution in [1.82, 2.24) is 9.97 Å². The Morgan fingerprint density at radius 1 is 1.45 bits per heavy atom. The van der Waals surface area contributed by atoms with Gasteiger partial charge < -0.3 is 10.1 Å². The van der Waals surface area contributed by atoms with Gasteiger partial charge in [0.1, 0.15) is 5.69 Å². The fourth-order valence-corrected chi connectivity index (χ4v) is 2.43. The number of hydrazine groups is 1. The van der Waals surface area contributed by atoms with Crippen LogP contribution in [-0.4, -0.2) is 34.1 Å². The van der Waals surface area contributed by atoms with Gasteiger partial charge in [0.15, 0.2) is 0 Å². The van der Waals surface area contributed by atoms with Gasteiger partial charge in [0.05, 0.1) is 11.0 Å². The highest BCUT2D eigenvalue weighted by atomic mass is 16.6. The molecule has 110 valence electrons. The lowest BCUT2D eigenvalue weighted by molar-refractivity contribution is -0.385. The molecule has 1 aliphatic carbocycles. The fourth-order valence-electron chi connectivity index (χ4n) is 2.43. The van der Waals surface area contributed by atoms with E-state index >= 15 is 0 Å². The van der Waals surface area contributed by atoms with Gasteiger partial charge >= 0.3 is 5.69 Å². The molecule has 1 saturated carbocycles. The Kier molecular flexibility index (Phi) is 4.30. The number of aryl methyl sites for hydroxylation is 1. The maximum absolute atomic E-state index is 11.1. The van der Waals surface area contributed by atoms with Crippen LogP contribution in [0, 0.1) is 17.0 Å². The molecule has 0 radical (unpaired) electrons. The summed E-state index contributed by atoms with van der Waals surface area (Å²) in [7, 11) is 1.67. The van der Waals surface area contributed by atoms with Crippen LogP contribution in [0.4, 0.5) is 17.5 Å². The number of nitrogens with two attached hydrogens (primary N) is 1. The molecule has 0 spiro atoms. The minimum Gasteiger partial charge on any atom is -0.381 e. The Bertz CT molecular complexity index is 509. The summed E-state index contributed by atoms with van der Waals surface area (Å²) >= 11 is 0. The zero-order valence-electron chi connectivity index (χ0n) is 11.4. The molecule has 20 heavy (non-hydrogen) atoms. The smallest absolute Gasteiger partial charge is 0.332 e. The summed E-state index contributed by atoms with van der Waals surface area (Å²) in [5.41, 5.74) is 2.45. The van der Waals surface area contributed by atoms with Crippen LogP contribution in [0.2, 0.25) is 0 Å². The van der Waals surface area contributed by atoms with Crippen molar-refractivity contribution in [2.24, 2.45) is 5.84 Å². The number of rotatable bonds is 5. The normalized spacial score (nSPS) is 21.8. The van der Waals surface area contributed by atoms with E-state index in [1.54, 1.807) is 14.0 Å². The van der Waals surface area contributed by atoms with E-state index in [0.29, 0.717) is 0 Å². The predicted molar refractivity (Wildman–Crippen MR) is 73.3 cm³/mol. The third kappa shape index (κ3) is 2.94. The molecule has 2 rings (SSSR count). The predicted octanol–water partition coefficient (Wildman–Crippen LogP) is 0.958. The second-order valence-corrected chi connectivity index (χ2v) is 4.74. The van der Waals surface area contributed by atoms with Crippen molar-refractivity contribution in [2.75, 3.05) is 17.9 Å². The van der Waals surface area contributed by atoms with Gasteiger partial charge in [-0.3, -0.25) is 15.5 Å². The van der Waals surface area contributed by atoms with Gasteiger partial charge in [0.2, 0.25) is 11.8 Å². The van der Waals surface area contributed by atoms with Gasteiger partial charge in [-0.05, 0) is 26.2 Å². The van der Waals surface area contributed by atoms with Crippen molar-refractivity contribution in [3.8, 4) is 0 Å². The van der Waals surface area contributed by atoms with Crippen molar-refractivity contribution in [3.05, 3.63) is 15.8 Å². The monoisotopic (exact) mass is 282 g/mol. The summed E-state index contributed by atoms with van der Waals surface area (Å²) in [6.07, 6.45) is 2.78. The first-order valence-corrected chi connectivity index (χ1v) is 6.34. The molecule has 1 aromatic rings. The van der Waals surface area contributed by atoms with Crippen LogP contribution >= 0.6 is 0 Å². The molecule has 4 N–H and O–H groups in total. The third-order valence-electron chi connectivity index (χ3n) is 3.43. The van der Waals surface area contributed by atoms with Gasteiger partial charge in [0.25, 0.3) is 0 Å². The Morgan fingerprint density at radius 2 is 2.20 bits per heavy atom. The average Bonchev–Trinajstić information content (AvgIpc) is 2.85. The molecule has 1 aliphatic rings. The highest BCUT2D eigenvalue weighted by Gasteiger charge is 2.29. The number of ether oxygens (including phenoxy) is 1. The summed E-state index contributed by atoms with van der Waals surface area (Å²) in [4.78, 5) is 18.6. The van der Waals surface area contributed by atoms with Gasteiger partial charge in [0, 0.05) is 13.2 Å². The number of hydrogen-bond acceptors (Lipinski definition) is 8. The molecule has 0 aliphatic heterocycles. The molecule has 0 bridgehead atoms. The summed E-state index contributed by atoms with van der Waals surface area (Å²) in [6, 6.07) is 0.0959. The van der Waals surface area contributed by atoms with E-state index in [-0.39, 0.29) is 35.3 Å². The number of aromatic nitrogens is 2.